The van der Waals surface area contributed by atoms with E-state index in [2.05, 4.69) is 46.4 Å². The van der Waals surface area contributed by atoms with Gasteiger partial charge in [-0.1, -0.05) is 41.6 Å². The Bertz CT molecular complexity index is 574. The topological polar surface area (TPSA) is 12.0 Å². The summed E-state index contributed by atoms with van der Waals surface area (Å²) < 4.78 is 1.09. The lowest BCUT2D eigenvalue weighted by atomic mass is 10.1. The normalized spacial score (nSPS) is 12.4. The minimum atomic E-state index is 0.306. The van der Waals surface area contributed by atoms with Crippen LogP contribution in [0.2, 0.25) is 5.02 Å². The van der Waals surface area contributed by atoms with Gasteiger partial charge in [0, 0.05) is 20.3 Å². The molecule has 0 spiro atoms. The van der Waals surface area contributed by atoms with E-state index in [9.17, 15) is 0 Å². The van der Waals surface area contributed by atoms with Crippen LogP contribution in [0.25, 0.3) is 0 Å². The maximum atomic E-state index is 6.37. The molecule has 0 amide bonds. The lowest BCUT2D eigenvalue weighted by Crippen LogP contribution is -2.12. The Morgan fingerprint density at radius 1 is 1.16 bits per heavy atom. The van der Waals surface area contributed by atoms with Gasteiger partial charge in [-0.2, -0.15) is 0 Å². The van der Waals surface area contributed by atoms with Gasteiger partial charge in [0.05, 0.1) is 5.02 Å². The summed E-state index contributed by atoms with van der Waals surface area (Å²) >= 11 is 11.6. The Hall–Kier alpha value is -0.480. The predicted molar refractivity (Wildman–Crippen MR) is 87.2 cm³/mol. The number of halogens is 2. The van der Waals surface area contributed by atoms with E-state index < -0.39 is 0 Å². The summed E-state index contributed by atoms with van der Waals surface area (Å²) in [5.41, 5.74) is 1.20. The molecule has 0 saturated heterocycles. The van der Waals surface area contributed by atoms with Gasteiger partial charge in [-0.25, -0.2) is 0 Å². The molecule has 4 heteroatoms. The minimum Gasteiger partial charge on any atom is -0.313 e. The molecule has 0 bridgehead atoms. The van der Waals surface area contributed by atoms with E-state index in [1.807, 2.05) is 31.3 Å². The maximum Gasteiger partial charge on any atom is 0.0548 e. The summed E-state index contributed by atoms with van der Waals surface area (Å²) in [6, 6.07) is 14.7. The summed E-state index contributed by atoms with van der Waals surface area (Å²) in [6.45, 7) is 2.12. The predicted octanol–water partition coefficient (Wildman–Crippen LogP) is 5.53. The average molecular weight is 357 g/mol. The van der Waals surface area contributed by atoms with Crippen LogP contribution < -0.4 is 5.32 Å². The van der Waals surface area contributed by atoms with Crippen molar-refractivity contribution in [1.82, 2.24) is 5.32 Å². The molecule has 0 aliphatic rings. The van der Waals surface area contributed by atoms with Crippen molar-refractivity contribution in [3.8, 4) is 0 Å². The van der Waals surface area contributed by atoms with Gasteiger partial charge in [0.1, 0.15) is 0 Å². The monoisotopic (exact) mass is 355 g/mol. The fourth-order valence-electron chi connectivity index (χ4n) is 1.68. The molecule has 1 nitrogen and oxygen atoms in total. The van der Waals surface area contributed by atoms with E-state index in [1.165, 1.54) is 10.5 Å². The van der Waals surface area contributed by atoms with Crippen LogP contribution in [0, 0.1) is 0 Å². The zero-order chi connectivity index (χ0) is 13.8. The second-order valence-corrected chi connectivity index (χ2v) is 6.58. The molecule has 0 fully saturated rings. The third kappa shape index (κ3) is 3.76. The highest BCUT2D eigenvalue weighted by atomic mass is 79.9. The molecule has 100 valence electrons. The third-order valence-electron chi connectivity index (χ3n) is 2.95. The highest BCUT2D eigenvalue weighted by Gasteiger charge is 2.09. The van der Waals surface area contributed by atoms with Crippen molar-refractivity contribution in [2.75, 3.05) is 7.05 Å². The number of benzene rings is 2. The average Bonchev–Trinajstić information content (AvgIpc) is 2.42. The van der Waals surface area contributed by atoms with Crippen LogP contribution in [0.3, 0.4) is 0 Å². The van der Waals surface area contributed by atoms with Gasteiger partial charge in [0.25, 0.3) is 0 Å². The van der Waals surface area contributed by atoms with Crippen LogP contribution in [-0.2, 0) is 0 Å². The van der Waals surface area contributed by atoms with Gasteiger partial charge in [0.15, 0.2) is 0 Å². The fourth-order valence-corrected chi connectivity index (χ4v) is 3.36. The van der Waals surface area contributed by atoms with Crippen molar-refractivity contribution in [3.05, 3.63) is 57.5 Å². The Balaban J connectivity index is 2.25. The van der Waals surface area contributed by atoms with Crippen LogP contribution in [0.5, 0.6) is 0 Å². The van der Waals surface area contributed by atoms with Crippen LogP contribution in [0.1, 0.15) is 18.5 Å². The molecule has 0 saturated carbocycles. The highest BCUT2D eigenvalue weighted by molar-refractivity contribution is 9.10. The molecule has 0 aromatic heterocycles. The summed E-state index contributed by atoms with van der Waals surface area (Å²) in [6.07, 6.45) is 0. The first-order valence-corrected chi connectivity index (χ1v) is 7.99. The van der Waals surface area contributed by atoms with Crippen molar-refractivity contribution in [3.63, 3.8) is 0 Å². The minimum absolute atomic E-state index is 0.306. The van der Waals surface area contributed by atoms with E-state index >= 15 is 0 Å². The number of hydrogen-bond donors (Lipinski definition) is 1. The first-order valence-electron chi connectivity index (χ1n) is 6.01. The van der Waals surface area contributed by atoms with Crippen LogP contribution in [0.4, 0.5) is 0 Å². The van der Waals surface area contributed by atoms with E-state index in [-0.39, 0.29) is 0 Å². The van der Waals surface area contributed by atoms with E-state index in [0.29, 0.717) is 6.04 Å². The van der Waals surface area contributed by atoms with Gasteiger partial charge >= 0.3 is 0 Å². The molecule has 19 heavy (non-hydrogen) atoms. The van der Waals surface area contributed by atoms with Crippen LogP contribution in [-0.4, -0.2) is 7.05 Å². The Morgan fingerprint density at radius 2 is 1.89 bits per heavy atom. The molecule has 0 aliphatic heterocycles. The quantitative estimate of drug-likeness (QED) is 0.772. The Kier molecular flexibility index (Phi) is 5.34. The molecule has 1 N–H and O–H groups in total. The zero-order valence-electron chi connectivity index (χ0n) is 10.8. The standard InChI is InChI=1S/C15H15BrClNS/c1-10(18-2)11-7-8-15(13(17)9-11)19-14-6-4-3-5-12(14)16/h3-10,18H,1-2H3. The van der Waals surface area contributed by atoms with E-state index in [4.69, 9.17) is 11.6 Å². The first kappa shape index (κ1) is 14.9. The fraction of sp³-hybridized carbons (Fsp3) is 0.200. The Labute approximate surface area is 131 Å². The zero-order valence-corrected chi connectivity index (χ0v) is 13.9. The van der Waals surface area contributed by atoms with Crippen molar-refractivity contribution in [1.29, 1.82) is 0 Å². The van der Waals surface area contributed by atoms with Crippen molar-refractivity contribution in [2.24, 2.45) is 0 Å². The maximum absolute atomic E-state index is 6.37. The van der Waals surface area contributed by atoms with E-state index in [1.54, 1.807) is 11.8 Å². The highest BCUT2D eigenvalue weighted by Crippen LogP contribution is 2.37. The van der Waals surface area contributed by atoms with E-state index in [0.717, 1.165) is 14.4 Å². The van der Waals surface area contributed by atoms with Gasteiger partial charge in [0.2, 0.25) is 0 Å². The number of rotatable bonds is 4. The molecule has 1 atom stereocenters. The van der Waals surface area contributed by atoms with Gasteiger partial charge in [-0.05, 0) is 59.7 Å². The lowest BCUT2D eigenvalue weighted by molar-refractivity contribution is 0.652. The molecule has 1 unspecified atom stereocenters. The third-order valence-corrected chi connectivity index (χ3v) is 5.48. The molecule has 2 rings (SSSR count). The molecule has 0 radical (unpaired) electrons. The van der Waals surface area contributed by atoms with Gasteiger partial charge < -0.3 is 5.32 Å². The SMILES string of the molecule is CNC(C)c1ccc(Sc2ccccc2Br)c(Cl)c1. The first-order chi connectivity index (χ1) is 9.11. The van der Waals surface area contributed by atoms with Gasteiger partial charge in [-0.15, -0.1) is 0 Å². The van der Waals surface area contributed by atoms with Crippen molar-refractivity contribution >= 4 is 39.3 Å². The summed E-state index contributed by atoms with van der Waals surface area (Å²) in [7, 11) is 1.95. The number of hydrogen-bond acceptors (Lipinski definition) is 2. The van der Waals surface area contributed by atoms with Crippen LogP contribution >= 0.6 is 39.3 Å². The molecule has 0 aliphatic carbocycles. The lowest BCUT2D eigenvalue weighted by Gasteiger charge is -2.13. The Morgan fingerprint density at radius 3 is 2.53 bits per heavy atom. The molecule has 2 aromatic carbocycles. The van der Waals surface area contributed by atoms with Crippen LogP contribution in [0.15, 0.2) is 56.7 Å². The molecular weight excluding hydrogens is 342 g/mol. The summed E-state index contributed by atoms with van der Waals surface area (Å²) in [5.74, 6) is 0. The molecule has 2 aromatic rings. The largest absolute Gasteiger partial charge is 0.313 e. The summed E-state index contributed by atoms with van der Waals surface area (Å²) in [5, 5.41) is 4.01. The van der Waals surface area contributed by atoms with Crippen molar-refractivity contribution < 1.29 is 0 Å². The van der Waals surface area contributed by atoms with Crippen molar-refractivity contribution in [2.45, 2.75) is 22.8 Å². The summed E-state index contributed by atoms with van der Waals surface area (Å²) in [4.78, 5) is 2.24. The second-order valence-electron chi connectivity index (χ2n) is 4.23. The number of nitrogens with one attached hydrogen (secondary N) is 1. The van der Waals surface area contributed by atoms with Gasteiger partial charge in [-0.3, -0.25) is 0 Å². The second kappa shape index (κ2) is 6.80. The molecular formula is C15H15BrClNS. The molecule has 0 heterocycles. The smallest absolute Gasteiger partial charge is 0.0548 e.